The Hall–Kier alpha value is -4.40. The molecule has 0 unspecified atom stereocenters. The highest BCUT2D eigenvalue weighted by Gasteiger charge is 2.18. The van der Waals surface area contributed by atoms with Crippen LogP contribution >= 0.6 is 0 Å². The van der Waals surface area contributed by atoms with Crippen molar-refractivity contribution < 1.29 is 24.0 Å². The van der Waals surface area contributed by atoms with Crippen molar-refractivity contribution in [2.75, 3.05) is 26.3 Å². The minimum Gasteiger partial charge on any atom is -0.491 e. The van der Waals surface area contributed by atoms with Crippen LogP contribution in [0.25, 0.3) is 0 Å². The normalized spacial score (nSPS) is 10.9. The van der Waals surface area contributed by atoms with E-state index in [1.165, 1.54) is 6.07 Å². The highest BCUT2D eigenvalue weighted by atomic mass is 16.6. The molecule has 9 heteroatoms. The number of non-ortho nitro benzene ring substituents is 1. The standard InChI is InChI=1S/C32H39N3O6/c1-20(2)27-9-7-22(5)15-29(27)40-13-11-33-31(36)24-17-25(19-26(18-24)35(38)39)32(37)34-12-14-41-30-16-23(6)8-10-28(30)21(3)4/h7-10,15-21H,11-14H2,1-6H3,(H,33,36)(H,34,37). The lowest BCUT2D eigenvalue weighted by Crippen LogP contribution is -2.30. The molecule has 0 saturated heterocycles. The monoisotopic (exact) mass is 561 g/mol. The van der Waals surface area contributed by atoms with E-state index in [9.17, 15) is 19.7 Å². The summed E-state index contributed by atoms with van der Waals surface area (Å²) >= 11 is 0. The van der Waals surface area contributed by atoms with Gasteiger partial charge in [-0.25, -0.2) is 0 Å². The van der Waals surface area contributed by atoms with E-state index >= 15 is 0 Å². The van der Waals surface area contributed by atoms with E-state index in [1.54, 1.807) is 0 Å². The lowest BCUT2D eigenvalue weighted by molar-refractivity contribution is -0.384. The first-order chi connectivity index (χ1) is 19.5. The number of amides is 2. The summed E-state index contributed by atoms with van der Waals surface area (Å²) in [6.45, 7) is 13.1. The molecule has 3 aromatic rings. The maximum absolute atomic E-state index is 12.8. The summed E-state index contributed by atoms with van der Waals surface area (Å²) in [5.41, 5.74) is 3.95. The van der Waals surface area contributed by atoms with Crippen molar-refractivity contribution in [3.63, 3.8) is 0 Å². The molecule has 0 aromatic heterocycles. The number of nitro groups is 1. The molecule has 0 bridgehead atoms. The number of nitrogens with one attached hydrogen (secondary N) is 2. The van der Waals surface area contributed by atoms with Gasteiger partial charge in [-0.05, 0) is 66.1 Å². The number of carbonyl (C=O) groups is 2. The first kappa shape index (κ1) is 31.1. The van der Waals surface area contributed by atoms with Crippen LogP contribution in [0.5, 0.6) is 11.5 Å². The van der Waals surface area contributed by atoms with Crippen molar-refractivity contribution in [3.8, 4) is 11.5 Å². The summed E-state index contributed by atoms with van der Waals surface area (Å²) in [5, 5.41) is 16.9. The summed E-state index contributed by atoms with van der Waals surface area (Å²) < 4.78 is 11.8. The first-order valence-electron chi connectivity index (χ1n) is 13.8. The van der Waals surface area contributed by atoms with Gasteiger partial charge in [0.15, 0.2) is 0 Å². The summed E-state index contributed by atoms with van der Waals surface area (Å²) in [5.74, 6) is 1.00. The Labute approximate surface area is 241 Å². The third kappa shape index (κ3) is 8.79. The molecule has 0 saturated carbocycles. The summed E-state index contributed by atoms with van der Waals surface area (Å²) in [4.78, 5) is 36.5. The Balaban J connectivity index is 1.60. The Kier molecular flexibility index (Phi) is 10.9. The van der Waals surface area contributed by atoms with Gasteiger partial charge in [0.05, 0.1) is 18.0 Å². The average Bonchev–Trinajstić information content (AvgIpc) is 2.92. The number of rotatable bonds is 13. The summed E-state index contributed by atoms with van der Waals surface area (Å²) in [6.07, 6.45) is 0. The zero-order chi connectivity index (χ0) is 30.1. The number of benzene rings is 3. The predicted octanol–water partition coefficient (Wildman–Crippen LogP) is 6.08. The number of hydrogen-bond acceptors (Lipinski definition) is 6. The minimum absolute atomic E-state index is 0.0142. The van der Waals surface area contributed by atoms with Crippen molar-refractivity contribution in [2.24, 2.45) is 0 Å². The number of carbonyl (C=O) groups excluding carboxylic acids is 2. The van der Waals surface area contributed by atoms with Crippen LogP contribution < -0.4 is 20.1 Å². The molecule has 0 radical (unpaired) electrons. The van der Waals surface area contributed by atoms with E-state index in [0.29, 0.717) is 0 Å². The molecular formula is C32H39N3O6. The fourth-order valence-electron chi connectivity index (χ4n) is 4.32. The molecule has 3 aromatic carbocycles. The van der Waals surface area contributed by atoms with E-state index in [-0.39, 0.29) is 55.0 Å². The van der Waals surface area contributed by atoms with Crippen LogP contribution in [0.15, 0.2) is 54.6 Å². The first-order valence-corrected chi connectivity index (χ1v) is 13.8. The van der Waals surface area contributed by atoms with Crippen LogP contribution in [0.1, 0.15) is 82.5 Å². The number of aryl methyl sites for hydroxylation is 2. The van der Waals surface area contributed by atoms with Crippen LogP contribution in [-0.2, 0) is 0 Å². The zero-order valence-electron chi connectivity index (χ0n) is 24.6. The third-order valence-corrected chi connectivity index (χ3v) is 6.53. The Bertz CT molecular complexity index is 1300. The highest BCUT2D eigenvalue weighted by Crippen LogP contribution is 2.28. The smallest absolute Gasteiger partial charge is 0.271 e. The van der Waals surface area contributed by atoms with Gasteiger partial charge in [0, 0.05) is 23.3 Å². The van der Waals surface area contributed by atoms with Gasteiger partial charge in [-0.2, -0.15) is 0 Å². The van der Waals surface area contributed by atoms with Gasteiger partial charge in [-0.3, -0.25) is 19.7 Å². The van der Waals surface area contributed by atoms with Crippen LogP contribution in [0.3, 0.4) is 0 Å². The molecule has 0 aliphatic rings. The van der Waals surface area contributed by atoms with Crippen LogP contribution in [-0.4, -0.2) is 43.0 Å². The fraction of sp³-hybridized carbons (Fsp3) is 0.375. The SMILES string of the molecule is Cc1ccc(C(C)C)c(OCCNC(=O)c2cc(C(=O)NCCOc3cc(C)ccc3C(C)C)cc([N+](=O)[O-])c2)c1. The molecule has 0 atom stereocenters. The number of nitro benzene ring substituents is 1. The highest BCUT2D eigenvalue weighted by molar-refractivity contribution is 6.00. The molecule has 2 amide bonds. The number of ether oxygens (including phenoxy) is 2. The lowest BCUT2D eigenvalue weighted by Gasteiger charge is -2.15. The Morgan fingerprint density at radius 3 is 1.51 bits per heavy atom. The van der Waals surface area contributed by atoms with Crippen molar-refractivity contribution in [1.82, 2.24) is 10.6 Å². The number of nitrogens with zero attached hydrogens (tertiary/aromatic N) is 1. The maximum atomic E-state index is 12.8. The van der Waals surface area contributed by atoms with E-state index in [0.717, 1.165) is 45.9 Å². The molecule has 2 N–H and O–H groups in total. The molecule has 218 valence electrons. The molecular weight excluding hydrogens is 522 g/mol. The van der Waals surface area contributed by atoms with Crippen LogP contribution in [0.4, 0.5) is 5.69 Å². The Morgan fingerprint density at radius 1 is 0.732 bits per heavy atom. The van der Waals surface area contributed by atoms with Crippen molar-refractivity contribution in [2.45, 2.75) is 53.4 Å². The molecule has 0 aliphatic heterocycles. The average molecular weight is 562 g/mol. The predicted molar refractivity (Wildman–Crippen MR) is 159 cm³/mol. The van der Waals surface area contributed by atoms with Gasteiger partial charge in [0.25, 0.3) is 17.5 Å². The third-order valence-electron chi connectivity index (χ3n) is 6.53. The second-order valence-electron chi connectivity index (χ2n) is 10.6. The quantitative estimate of drug-likeness (QED) is 0.148. The van der Waals surface area contributed by atoms with Crippen molar-refractivity contribution in [1.29, 1.82) is 0 Å². The van der Waals surface area contributed by atoms with Gasteiger partial charge in [-0.1, -0.05) is 52.0 Å². The molecule has 41 heavy (non-hydrogen) atoms. The van der Waals surface area contributed by atoms with E-state index < -0.39 is 16.7 Å². The summed E-state index contributed by atoms with van der Waals surface area (Å²) in [6, 6.07) is 15.7. The molecule has 0 aliphatic carbocycles. The van der Waals surface area contributed by atoms with Crippen LogP contribution in [0, 0.1) is 24.0 Å². The molecule has 0 fully saturated rings. The van der Waals surface area contributed by atoms with Gasteiger partial charge in [-0.15, -0.1) is 0 Å². The maximum Gasteiger partial charge on any atom is 0.271 e. The van der Waals surface area contributed by atoms with Crippen molar-refractivity contribution in [3.05, 3.63) is 98.1 Å². The Morgan fingerprint density at radius 2 is 1.15 bits per heavy atom. The van der Waals surface area contributed by atoms with Gasteiger partial charge >= 0.3 is 0 Å². The second kappa shape index (κ2) is 14.3. The van der Waals surface area contributed by atoms with E-state index in [4.69, 9.17) is 9.47 Å². The number of hydrogen-bond donors (Lipinski definition) is 2. The molecule has 0 spiro atoms. The van der Waals surface area contributed by atoms with Gasteiger partial charge in [0.2, 0.25) is 0 Å². The van der Waals surface area contributed by atoms with Gasteiger partial charge < -0.3 is 20.1 Å². The largest absolute Gasteiger partial charge is 0.491 e. The minimum atomic E-state index is -0.629. The molecule has 0 heterocycles. The fourth-order valence-corrected chi connectivity index (χ4v) is 4.32. The zero-order valence-corrected chi connectivity index (χ0v) is 24.6. The lowest BCUT2D eigenvalue weighted by atomic mass is 10.0. The topological polar surface area (TPSA) is 120 Å². The molecule has 9 nitrogen and oxygen atoms in total. The van der Waals surface area contributed by atoms with E-state index in [2.05, 4.69) is 38.3 Å². The second-order valence-corrected chi connectivity index (χ2v) is 10.6. The summed E-state index contributed by atoms with van der Waals surface area (Å²) in [7, 11) is 0. The van der Waals surface area contributed by atoms with Crippen molar-refractivity contribution >= 4 is 17.5 Å². The van der Waals surface area contributed by atoms with Crippen LogP contribution in [0.2, 0.25) is 0 Å². The van der Waals surface area contributed by atoms with Gasteiger partial charge in [0.1, 0.15) is 24.7 Å². The van der Waals surface area contributed by atoms with E-state index in [1.807, 2.05) is 50.2 Å². The molecule has 3 rings (SSSR count).